The Morgan fingerprint density at radius 3 is 2.67 bits per heavy atom. The molecule has 1 unspecified atom stereocenters. The zero-order chi connectivity index (χ0) is 19.4. The van der Waals surface area contributed by atoms with E-state index < -0.39 is 30.7 Å². The van der Waals surface area contributed by atoms with Gasteiger partial charge in [-0.2, -0.15) is 0 Å². The second kappa shape index (κ2) is 8.17. The number of carbonyl (C=O) groups excluding carboxylic acids is 4. The van der Waals surface area contributed by atoms with Gasteiger partial charge in [0.25, 0.3) is 11.8 Å². The van der Waals surface area contributed by atoms with Crippen LogP contribution in [0, 0.1) is 0 Å². The number of benzene rings is 1. The predicted molar refractivity (Wildman–Crippen MR) is 90.4 cm³/mol. The van der Waals surface area contributed by atoms with Crippen molar-refractivity contribution in [2.75, 3.05) is 27.1 Å². The molecule has 0 aromatic heterocycles. The van der Waals surface area contributed by atoms with Crippen molar-refractivity contribution in [3.05, 3.63) is 35.4 Å². The first-order chi connectivity index (χ1) is 13.0. The number of ether oxygens (including phenoxy) is 3. The number of amides is 3. The Hall–Kier alpha value is -2.94. The summed E-state index contributed by atoms with van der Waals surface area (Å²) in [7, 11) is 1.46. The first-order valence-corrected chi connectivity index (χ1v) is 8.54. The summed E-state index contributed by atoms with van der Waals surface area (Å²) in [5.41, 5.74) is 1.41. The van der Waals surface area contributed by atoms with Crippen LogP contribution < -0.4 is 0 Å². The fourth-order valence-corrected chi connectivity index (χ4v) is 3.14. The Balaban J connectivity index is 1.63. The Bertz CT molecular complexity index is 764. The Labute approximate surface area is 155 Å². The SMILES string of the molecule is COCCOC(=O)OCN1C(=O)CCC(N2Cc3ccccc3C2=O)C1=O. The van der Waals surface area contributed by atoms with Gasteiger partial charge in [-0.05, 0) is 18.1 Å². The average Bonchev–Trinajstić information content (AvgIpc) is 2.99. The summed E-state index contributed by atoms with van der Waals surface area (Å²) in [6.07, 6.45) is -0.676. The number of hydrogen-bond acceptors (Lipinski definition) is 7. The van der Waals surface area contributed by atoms with E-state index in [1.54, 1.807) is 12.1 Å². The Morgan fingerprint density at radius 1 is 1.15 bits per heavy atom. The lowest BCUT2D eigenvalue weighted by Gasteiger charge is -2.34. The highest BCUT2D eigenvalue weighted by molar-refractivity contribution is 6.05. The monoisotopic (exact) mass is 376 g/mol. The van der Waals surface area contributed by atoms with Gasteiger partial charge in [-0.15, -0.1) is 0 Å². The lowest BCUT2D eigenvalue weighted by molar-refractivity contribution is -0.157. The van der Waals surface area contributed by atoms with Crippen molar-refractivity contribution >= 4 is 23.9 Å². The van der Waals surface area contributed by atoms with E-state index in [2.05, 4.69) is 0 Å². The van der Waals surface area contributed by atoms with Gasteiger partial charge in [0.2, 0.25) is 5.91 Å². The number of fused-ring (bicyclic) bond motifs is 1. The molecule has 2 aliphatic heterocycles. The predicted octanol–water partition coefficient (Wildman–Crippen LogP) is 0.917. The number of hydrogen-bond donors (Lipinski definition) is 0. The van der Waals surface area contributed by atoms with Gasteiger partial charge in [0.05, 0.1) is 6.61 Å². The number of nitrogens with zero attached hydrogens (tertiary/aromatic N) is 2. The minimum atomic E-state index is -1.00. The molecule has 1 atom stereocenters. The standard InChI is InChI=1S/C18H20N2O7/c1-25-8-9-26-18(24)27-11-20-15(21)7-6-14(17(20)23)19-10-12-4-2-3-5-13(12)16(19)22/h2-5,14H,6-11H2,1H3. The molecule has 1 aromatic carbocycles. The van der Waals surface area contributed by atoms with E-state index in [0.29, 0.717) is 12.1 Å². The van der Waals surface area contributed by atoms with Gasteiger partial charge in [-0.3, -0.25) is 14.4 Å². The molecule has 0 bridgehead atoms. The van der Waals surface area contributed by atoms with Gasteiger partial charge in [0, 0.05) is 25.6 Å². The third kappa shape index (κ3) is 3.92. The summed E-state index contributed by atoms with van der Waals surface area (Å²) in [6.45, 7) is -0.0287. The summed E-state index contributed by atoms with van der Waals surface area (Å²) >= 11 is 0. The van der Waals surface area contributed by atoms with Crippen molar-refractivity contribution in [2.45, 2.75) is 25.4 Å². The highest BCUT2D eigenvalue weighted by Crippen LogP contribution is 2.28. The van der Waals surface area contributed by atoms with E-state index in [1.807, 2.05) is 12.1 Å². The van der Waals surface area contributed by atoms with Gasteiger partial charge in [0.1, 0.15) is 12.6 Å². The van der Waals surface area contributed by atoms with Gasteiger partial charge in [-0.1, -0.05) is 18.2 Å². The van der Waals surface area contributed by atoms with Crippen LogP contribution in [-0.2, 0) is 30.3 Å². The third-order valence-corrected chi connectivity index (χ3v) is 4.53. The van der Waals surface area contributed by atoms with Gasteiger partial charge in [0.15, 0.2) is 6.73 Å². The molecule has 0 N–H and O–H groups in total. The number of likely N-dealkylation sites (tertiary alicyclic amines) is 1. The van der Waals surface area contributed by atoms with Crippen LogP contribution in [0.1, 0.15) is 28.8 Å². The summed E-state index contributed by atoms with van der Waals surface area (Å²) in [4.78, 5) is 51.2. The van der Waals surface area contributed by atoms with Crippen LogP contribution in [0.15, 0.2) is 24.3 Å². The number of imide groups is 1. The largest absolute Gasteiger partial charge is 0.510 e. The normalized spacial score (nSPS) is 19.3. The zero-order valence-corrected chi connectivity index (χ0v) is 14.9. The molecule has 0 radical (unpaired) electrons. The lowest BCUT2D eigenvalue weighted by atomic mass is 10.0. The van der Waals surface area contributed by atoms with Crippen LogP contribution in [0.3, 0.4) is 0 Å². The highest BCUT2D eigenvalue weighted by Gasteiger charge is 2.42. The quantitative estimate of drug-likeness (QED) is 0.413. The lowest BCUT2D eigenvalue weighted by Crippen LogP contribution is -2.55. The second-order valence-electron chi connectivity index (χ2n) is 6.17. The van der Waals surface area contributed by atoms with Gasteiger partial charge in [-0.25, -0.2) is 9.69 Å². The summed E-state index contributed by atoms with van der Waals surface area (Å²) in [5.74, 6) is -1.25. The highest BCUT2D eigenvalue weighted by atomic mass is 16.7. The van der Waals surface area contributed by atoms with E-state index in [4.69, 9.17) is 14.2 Å². The number of carbonyl (C=O) groups is 4. The molecule has 9 heteroatoms. The fourth-order valence-electron chi connectivity index (χ4n) is 3.14. The molecule has 3 amide bonds. The number of rotatable bonds is 6. The average molecular weight is 376 g/mol. The summed E-state index contributed by atoms with van der Waals surface area (Å²) < 4.78 is 14.3. The molecule has 1 aromatic rings. The van der Waals surface area contributed by atoms with E-state index >= 15 is 0 Å². The topological polar surface area (TPSA) is 102 Å². The fraction of sp³-hybridized carbons (Fsp3) is 0.444. The van der Waals surface area contributed by atoms with E-state index in [0.717, 1.165) is 10.5 Å². The van der Waals surface area contributed by atoms with Crippen molar-refractivity contribution in [3.8, 4) is 0 Å². The summed E-state index contributed by atoms with van der Waals surface area (Å²) in [5, 5.41) is 0. The number of piperidine rings is 1. The molecule has 0 aliphatic carbocycles. The van der Waals surface area contributed by atoms with Crippen molar-refractivity contribution in [3.63, 3.8) is 0 Å². The van der Waals surface area contributed by atoms with E-state index in [-0.39, 0.29) is 32.0 Å². The summed E-state index contributed by atoms with van der Waals surface area (Å²) in [6, 6.07) is 6.38. The minimum absolute atomic E-state index is 0.000386. The molecular formula is C18H20N2O7. The van der Waals surface area contributed by atoms with Gasteiger partial charge >= 0.3 is 6.16 Å². The molecule has 1 fully saturated rings. The van der Waals surface area contributed by atoms with E-state index in [9.17, 15) is 19.2 Å². The van der Waals surface area contributed by atoms with Crippen LogP contribution in [-0.4, -0.2) is 66.8 Å². The van der Waals surface area contributed by atoms with Crippen LogP contribution >= 0.6 is 0 Å². The number of methoxy groups -OCH3 is 1. The van der Waals surface area contributed by atoms with Crippen molar-refractivity contribution in [2.24, 2.45) is 0 Å². The van der Waals surface area contributed by atoms with Crippen LogP contribution in [0.2, 0.25) is 0 Å². The molecule has 144 valence electrons. The maximum Gasteiger partial charge on any atom is 0.510 e. The maximum absolute atomic E-state index is 12.8. The van der Waals surface area contributed by atoms with Crippen molar-refractivity contribution in [1.82, 2.24) is 9.80 Å². The molecule has 0 saturated carbocycles. The third-order valence-electron chi connectivity index (χ3n) is 4.53. The minimum Gasteiger partial charge on any atom is -0.432 e. The Kier molecular flexibility index (Phi) is 5.70. The van der Waals surface area contributed by atoms with Crippen LogP contribution in [0.25, 0.3) is 0 Å². The van der Waals surface area contributed by atoms with E-state index in [1.165, 1.54) is 12.0 Å². The molecule has 27 heavy (non-hydrogen) atoms. The Morgan fingerprint density at radius 2 is 1.93 bits per heavy atom. The van der Waals surface area contributed by atoms with Gasteiger partial charge < -0.3 is 19.1 Å². The first kappa shape index (κ1) is 18.8. The molecule has 1 saturated heterocycles. The molecule has 2 aliphatic rings. The molecule has 0 spiro atoms. The maximum atomic E-state index is 12.8. The zero-order valence-electron chi connectivity index (χ0n) is 14.9. The molecule has 9 nitrogen and oxygen atoms in total. The van der Waals surface area contributed by atoms with Crippen molar-refractivity contribution in [1.29, 1.82) is 0 Å². The first-order valence-electron chi connectivity index (χ1n) is 8.54. The van der Waals surface area contributed by atoms with Crippen LogP contribution in [0.5, 0.6) is 0 Å². The molecule has 3 rings (SSSR count). The second-order valence-corrected chi connectivity index (χ2v) is 6.17. The van der Waals surface area contributed by atoms with Crippen LogP contribution in [0.4, 0.5) is 4.79 Å². The smallest absolute Gasteiger partial charge is 0.432 e. The molecular weight excluding hydrogens is 356 g/mol. The molecule has 2 heterocycles. The van der Waals surface area contributed by atoms with Crippen molar-refractivity contribution < 1.29 is 33.4 Å².